The largest absolute Gasteiger partial charge is 0.264 e. The van der Waals surface area contributed by atoms with Crippen molar-refractivity contribution in [2.45, 2.75) is 31.6 Å². The summed E-state index contributed by atoms with van der Waals surface area (Å²) < 4.78 is 0. The molecule has 0 N–H and O–H groups in total. The molecular formula is C10H15NS. The minimum Gasteiger partial charge on any atom is -0.264 e. The van der Waals surface area contributed by atoms with E-state index in [1.54, 1.807) is 6.20 Å². The van der Waals surface area contributed by atoms with Gasteiger partial charge in [0.15, 0.2) is 0 Å². The molecule has 1 atom stereocenters. The Labute approximate surface area is 79.6 Å². The predicted octanol–water partition coefficient (Wildman–Crippen LogP) is 3.13. The van der Waals surface area contributed by atoms with Crippen LogP contribution in [0.5, 0.6) is 0 Å². The third-order valence-electron chi connectivity index (χ3n) is 2.32. The summed E-state index contributed by atoms with van der Waals surface area (Å²) in [5.74, 6) is 1.21. The number of hydrogen-bond acceptors (Lipinski definition) is 2. The molecule has 0 aliphatic rings. The van der Waals surface area contributed by atoms with E-state index >= 15 is 0 Å². The first-order valence-corrected chi connectivity index (χ1v) is 4.70. The smallest absolute Gasteiger partial charge is 0.0404 e. The zero-order valence-corrected chi connectivity index (χ0v) is 8.68. The number of rotatable bonds is 2. The van der Waals surface area contributed by atoms with Crippen LogP contribution in [0.1, 0.15) is 32.3 Å². The summed E-state index contributed by atoms with van der Waals surface area (Å²) in [5.41, 5.74) is 1.29. The highest BCUT2D eigenvalue weighted by Crippen LogP contribution is 2.27. The zero-order chi connectivity index (χ0) is 9.14. The fraction of sp³-hybridized carbons (Fsp3) is 0.500. The average molecular weight is 181 g/mol. The number of thiol groups is 1. The first-order chi connectivity index (χ1) is 5.63. The second kappa shape index (κ2) is 3.94. The number of aromatic nitrogens is 1. The summed E-state index contributed by atoms with van der Waals surface area (Å²) in [5, 5.41) is 0. The van der Waals surface area contributed by atoms with Crippen LogP contribution in [0.3, 0.4) is 0 Å². The Morgan fingerprint density at radius 3 is 2.50 bits per heavy atom. The van der Waals surface area contributed by atoms with E-state index in [0.29, 0.717) is 11.8 Å². The molecule has 1 aromatic rings. The van der Waals surface area contributed by atoms with Crippen molar-refractivity contribution < 1.29 is 0 Å². The lowest BCUT2D eigenvalue weighted by Crippen LogP contribution is -2.02. The monoisotopic (exact) mass is 181 g/mol. The number of nitrogens with zero attached hydrogens (tertiary/aromatic N) is 1. The van der Waals surface area contributed by atoms with Crippen LogP contribution in [0.4, 0.5) is 0 Å². The van der Waals surface area contributed by atoms with E-state index in [1.807, 2.05) is 12.3 Å². The Bertz CT molecular complexity index is 258. The molecule has 0 amide bonds. The summed E-state index contributed by atoms with van der Waals surface area (Å²) >= 11 is 4.37. The fourth-order valence-corrected chi connectivity index (χ4v) is 1.49. The summed E-state index contributed by atoms with van der Waals surface area (Å²) in [7, 11) is 0. The molecule has 66 valence electrons. The maximum Gasteiger partial charge on any atom is 0.0404 e. The van der Waals surface area contributed by atoms with E-state index in [4.69, 9.17) is 0 Å². The Hall–Kier alpha value is -0.500. The van der Waals surface area contributed by atoms with Crippen molar-refractivity contribution in [2.75, 3.05) is 0 Å². The van der Waals surface area contributed by atoms with Crippen LogP contribution in [0.15, 0.2) is 23.4 Å². The van der Waals surface area contributed by atoms with Crippen molar-refractivity contribution in [1.29, 1.82) is 0 Å². The molecule has 0 saturated heterocycles. The normalized spacial score (nSPS) is 13.4. The first-order valence-electron chi connectivity index (χ1n) is 4.25. The van der Waals surface area contributed by atoms with Gasteiger partial charge in [-0.15, -0.1) is 12.6 Å². The number of hydrogen-bond donors (Lipinski definition) is 1. The van der Waals surface area contributed by atoms with Gasteiger partial charge in [0.2, 0.25) is 0 Å². The van der Waals surface area contributed by atoms with E-state index in [-0.39, 0.29) is 0 Å². The van der Waals surface area contributed by atoms with Gasteiger partial charge in [-0.05, 0) is 23.5 Å². The maximum absolute atomic E-state index is 4.37. The molecule has 0 bridgehead atoms. The second-order valence-corrected chi connectivity index (χ2v) is 3.95. The minimum atomic E-state index is 0.556. The van der Waals surface area contributed by atoms with Gasteiger partial charge in [0.05, 0.1) is 0 Å². The standard InChI is InChI=1S/C10H15NS/c1-7(2)8(3)9-4-5-11-6-10(9)12/h4-8,12H,1-3H3. The SMILES string of the molecule is CC(C)C(C)c1ccncc1S. The van der Waals surface area contributed by atoms with Crippen molar-refractivity contribution in [3.8, 4) is 0 Å². The molecular weight excluding hydrogens is 166 g/mol. The molecule has 0 aromatic carbocycles. The van der Waals surface area contributed by atoms with Gasteiger partial charge in [0.25, 0.3) is 0 Å². The quantitative estimate of drug-likeness (QED) is 0.692. The van der Waals surface area contributed by atoms with Gasteiger partial charge in [-0.2, -0.15) is 0 Å². The van der Waals surface area contributed by atoms with Crippen LogP contribution in [0, 0.1) is 5.92 Å². The van der Waals surface area contributed by atoms with Crippen LogP contribution < -0.4 is 0 Å². The molecule has 0 spiro atoms. The predicted molar refractivity (Wildman–Crippen MR) is 54.7 cm³/mol. The molecule has 1 nitrogen and oxygen atoms in total. The molecule has 0 saturated carbocycles. The van der Waals surface area contributed by atoms with E-state index in [2.05, 4.69) is 38.4 Å². The van der Waals surface area contributed by atoms with Gasteiger partial charge < -0.3 is 0 Å². The lowest BCUT2D eigenvalue weighted by molar-refractivity contribution is 0.528. The van der Waals surface area contributed by atoms with Crippen LogP contribution in [-0.2, 0) is 0 Å². The molecule has 12 heavy (non-hydrogen) atoms. The van der Waals surface area contributed by atoms with E-state index < -0.39 is 0 Å². The van der Waals surface area contributed by atoms with Crippen molar-refractivity contribution in [2.24, 2.45) is 5.92 Å². The van der Waals surface area contributed by atoms with Crippen molar-refractivity contribution in [3.63, 3.8) is 0 Å². The maximum atomic E-state index is 4.37. The summed E-state index contributed by atoms with van der Waals surface area (Å²) in [6.45, 7) is 6.66. The Balaban J connectivity index is 2.94. The third-order valence-corrected chi connectivity index (χ3v) is 2.70. The van der Waals surface area contributed by atoms with Crippen LogP contribution in [-0.4, -0.2) is 4.98 Å². The molecule has 1 heterocycles. The molecule has 0 fully saturated rings. The van der Waals surface area contributed by atoms with Crippen LogP contribution >= 0.6 is 12.6 Å². The first kappa shape index (κ1) is 9.59. The van der Waals surface area contributed by atoms with Gasteiger partial charge in [0.1, 0.15) is 0 Å². The summed E-state index contributed by atoms with van der Waals surface area (Å²) in [6.07, 6.45) is 3.63. The molecule has 2 heteroatoms. The van der Waals surface area contributed by atoms with E-state index in [1.165, 1.54) is 5.56 Å². The van der Waals surface area contributed by atoms with Crippen LogP contribution in [0.2, 0.25) is 0 Å². The highest BCUT2D eigenvalue weighted by atomic mass is 32.1. The molecule has 1 rings (SSSR count). The zero-order valence-electron chi connectivity index (χ0n) is 7.78. The molecule has 0 aliphatic carbocycles. The minimum absolute atomic E-state index is 0.556. The molecule has 1 unspecified atom stereocenters. The van der Waals surface area contributed by atoms with Gasteiger partial charge in [-0.25, -0.2) is 0 Å². The van der Waals surface area contributed by atoms with Gasteiger partial charge in [-0.1, -0.05) is 20.8 Å². The lowest BCUT2D eigenvalue weighted by atomic mass is 9.91. The Morgan fingerprint density at radius 1 is 1.33 bits per heavy atom. The van der Waals surface area contributed by atoms with Gasteiger partial charge >= 0.3 is 0 Å². The van der Waals surface area contributed by atoms with Gasteiger partial charge in [0, 0.05) is 17.3 Å². The highest BCUT2D eigenvalue weighted by Gasteiger charge is 2.11. The number of pyridine rings is 1. The summed E-state index contributed by atoms with van der Waals surface area (Å²) in [4.78, 5) is 5.01. The van der Waals surface area contributed by atoms with Crippen molar-refractivity contribution in [1.82, 2.24) is 4.98 Å². The molecule has 0 aliphatic heterocycles. The lowest BCUT2D eigenvalue weighted by Gasteiger charge is -2.16. The average Bonchev–Trinajstić information content (AvgIpc) is 2.04. The van der Waals surface area contributed by atoms with E-state index in [0.717, 1.165) is 4.90 Å². The molecule has 0 radical (unpaired) electrons. The van der Waals surface area contributed by atoms with Crippen molar-refractivity contribution in [3.05, 3.63) is 24.0 Å². The topological polar surface area (TPSA) is 12.9 Å². The van der Waals surface area contributed by atoms with Crippen LogP contribution in [0.25, 0.3) is 0 Å². The van der Waals surface area contributed by atoms with Gasteiger partial charge in [-0.3, -0.25) is 4.98 Å². The third kappa shape index (κ3) is 2.01. The van der Waals surface area contributed by atoms with Crippen molar-refractivity contribution >= 4 is 12.6 Å². The Morgan fingerprint density at radius 2 is 2.00 bits per heavy atom. The van der Waals surface area contributed by atoms with E-state index in [9.17, 15) is 0 Å². The molecule has 1 aromatic heterocycles. The Kier molecular flexibility index (Phi) is 3.15. The summed E-state index contributed by atoms with van der Waals surface area (Å²) in [6, 6.07) is 2.05. The second-order valence-electron chi connectivity index (χ2n) is 3.47. The highest BCUT2D eigenvalue weighted by molar-refractivity contribution is 7.80. The fourth-order valence-electron chi connectivity index (χ4n) is 1.14.